The highest BCUT2D eigenvalue weighted by atomic mass is 35.5. The predicted octanol–water partition coefficient (Wildman–Crippen LogP) is 4.03. The number of amides is 2. The molecule has 0 unspecified atom stereocenters. The van der Waals surface area contributed by atoms with Crippen LogP contribution in [0.5, 0.6) is 0 Å². The molecule has 0 bridgehead atoms. The van der Waals surface area contributed by atoms with Crippen LogP contribution in [0.1, 0.15) is 26.5 Å². The number of benzene rings is 2. The number of anilines is 1. The van der Waals surface area contributed by atoms with Crippen LogP contribution < -0.4 is 5.32 Å². The van der Waals surface area contributed by atoms with Gasteiger partial charge in [0.1, 0.15) is 17.0 Å². The average Bonchev–Trinajstić information content (AvgIpc) is 3.16. The van der Waals surface area contributed by atoms with Crippen molar-refractivity contribution in [3.8, 4) is 11.3 Å². The van der Waals surface area contributed by atoms with Crippen LogP contribution in [0.15, 0.2) is 53.1 Å². The third-order valence-corrected chi connectivity index (χ3v) is 5.25. The van der Waals surface area contributed by atoms with E-state index < -0.39 is 5.91 Å². The van der Waals surface area contributed by atoms with Crippen LogP contribution in [-0.4, -0.2) is 48.2 Å². The third kappa shape index (κ3) is 3.94. The number of halogens is 1. The quantitative estimate of drug-likeness (QED) is 0.682. The molecule has 1 aliphatic heterocycles. The first-order valence-electron chi connectivity index (χ1n) is 9.55. The largest absolute Gasteiger partial charge is 0.378 e. The molecule has 154 valence electrons. The molecule has 2 heterocycles. The topological polar surface area (TPSA) is 84.7 Å². The van der Waals surface area contributed by atoms with Gasteiger partial charge >= 0.3 is 0 Å². The van der Waals surface area contributed by atoms with E-state index in [2.05, 4.69) is 10.5 Å². The molecule has 0 spiro atoms. The Labute approximate surface area is 178 Å². The fourth-order valence-electron chi connectivity index (χ4n) is 3.38. The summed E-state index contributed by atoms with van der Waals surface area (Å²) >= 11 is 6.28. The second kappa shape index (κ2) is 8.69. The zero-order valence-electron chi connectivity index (χ0n) is 16.4. The fraction of sp³-hybridized carbons (Fsp3) is 0.227. The molecule has 3 aromatic rings. The average molecular weight is 426 g/mol. The van der Waals surface area contributed by atoms with Crippen LogP contribution in [0.25, 0.3) is 11.3 Å². The van der Waals surface area contributed by atoms with Gasteiger partial charge in [0.15, 0.2) is 0 Å². The molecule has 0 radical (unpaired) electrons. The third-order valence-electron chi connectivity index (χ3n) is 4.92. The molecule has 1 saturated heterocycles. The van der Waals surface area contributed by atoms with Crippen LogP contribution in [0, 0.1) is 6.92 Å². The van der Waals surface area contributed by atoms with Crippen molar-refractivity contribution in [1.29, 1.82) is 0 Å². The molecule has 2 amide bonds. The molecule has 0 atom stereocenters. The highest BCUT2D eigenvalue weighted by Crippen LogP contribution is 2.31. The van der Waals surface area contributed by atoms with Crippen molar-refractivity contribution in [2.75, 3.05) is 31.6 Å². The maximum Gasteiger partial charge on any atom is 0.261 e. The SMILES string of the molecule is Cc1onc(-c2ccccc2Cl)c1C(=O)Nc1ccccc1C(=O)N1CCOCC1. The van der Waals surface area contributed by atoms with Crippen molar-refractivity contribution in [3.63, 3.8) is 0 Å². The number of para-hydroxylation sites is 1. The molecule has 30 heavy (non-hydrogen) atoms. The molecule has 1 aliphatic rings. The van der Waals surface area contributed by atoms with Gasteiger partial charge in [-0.25, -0.2) is 0 Å². The van der Waals surface area contributed by atoms with E-state index in [1.165, 1.54) is 0 Å². The van der Waals surface area contributed by atoms with Gasteiger partial charge < -0.3 is 19.5 Å². The summed E-state index contributed by atoms with van der Waals surface area (Å²) in [5.41, 5.74) is 2.06. The van der Waals surface area contributed by atoms with Crippen molar-refractivity contribution < 1.29 is 18.8 Å². The smallest absolute Gasteiger partial charge is 0.261 e. The maximum atomic E-state index is 13.2. The highest BCUT2D eigenvalue weighted by molar-refractivity contribution is 6.33. The van der Waals surface area contributed by atoms with E-state index >= 15 is 0 Å². The summed E-state index contributed by atoms with van der Waals surface area (Å²) in [6, 6.07) is 14.0. The minimum Gasteiger partial charge on any atom is -0.378 e. The fourth-order valence-corrected chi connectivity index (χ4v) is 3.60. The van der Waals surface area contributed by atoms with Crippen LogP contribution >= 0.6 is 11.6 Å². The lowest BCUT2D eigenvalue weighted by Crippen LogP contribution is -2.41. The lowest BCUT2D eigenvalue weighted by atomic mass is 10.0. The first-order valence-corrected chi connectivity index (χ1v) is 9.92. The molecule has 2 aromatic carbocycles. The van der Waals surface area contributed by atoms with Crippen molar-refractivity contribution in [2.45, 2.75) is 6.92 Å². The van der Waals surface area contributed by atoms with Crippen molar-refractivity contribution in [2.24, 2.45) is 0 Å². The number of rotatable bonds is 4. The minimum absolute atomic E-state index is 0.150. The molecule has 8 heteroatoms. The maximum absolute atomic E-state index is 13.2. The number of carbonyl (C=O) groups is 2. The van der Waals surface area contributed by atoms with Gasteiger partial charge in [0.2, 0.25) is 0 Å². The van der Waals surface area contributed by atoms with Gasteiger partial charge in [0, 0.05) is 18.7 Å². The van der Waals surface area contributed by atoms with E-state index in [1.54, 1.807) is 54.3 Å². The summed E-state index contributed by atoms with van der Waals surface area (Å²) in [6.07, 6.45) is 0. The number of ether oxygens (including phenoxy) is 1. The van der Waals surface area contributed by atoms with Gasteiger partial charge in [-0.3, -0.25) is 9.59 Å². The van der Waals surface area contributed by atoms with E-state index in [0.29, 0.717) is 59.6 Å². The summed E-state index contributed by atoms with van der Waals surface area (Å²) in [7, 11) is 0. The number of carbonyl (C=O) groups excluding carboxylic acids is 2. The molecule has 1 N–H and O–H groups in total. The Hall–Kier alpha value is -3.16. The van der Waals surface area contributed by atoms with Crippen LogP contribution in [0.2, 0.25) is 5.02 Å². The Balaban J connectivity index is 1.64. The van der Waals surface area contributed by atoms with Gasteiger partial charge in [-0.2, -0.15) is 0 Å². The number of hydrogen-bond acceptors (Lipinski definition) is 5. The first kappa shape index (κ1) is 20.1. The zero-order valence-corrected chi connectivity index (χ0v) is 17.1. The van der Waals surface area contributed by atoms with Crippen LogP contribution in [-0.2, 0) is 4.74 Å². The van der Waals surface area contributed by atoms with Crippen molar-refractivity contribution in [3.05, 3.63) is 70.4 Å². The lowest BCUT2D eigenvalue weighted by molar-refractivity contribution is 0.0303. The summed E-state index contributed by atoms with van der Waals surface area (Å²) < 4.78 is 10.6. The lowest BCUT2D eigenvalue weighted by Gasteiger charge is -2.27. The second-order valence-corrected chi connectivity index (χ2v) is 7.25. The molecule has 4 rings (SSSR count). The van der Waals surface area contributed by atoms with Gasteiger partial charge in [-0.15, -0.1) is 0 Å². The number of nitrogens with zero attached hydrogens (tertiary/aromatic N) is 2. The van der Waals surface area contributed by atoms with Gasteiger partial charge in [0.25, 0.3) is 11.8 Å². The predicted molar refractivity (Wildman–Crippen MR) is 113 cm³/mol. The van der Waals surface area contributed by atoms with E-state index in [4.69, 9.17) is 20.9 Å². The van der Waals surface area contributed by atoms with E-state index in [0.717, 1.165) is 0 Å². The molecule has 1 fully saturated rings. The van der Waals surface area contributed by atoms with E-state index in [-0.39, 0.29) is 11.5 Å². The van der Waals surface area contributed by atoms with Crippen LogP contribution in [0.3, 0.4) is 0 Å². The first-order chi connectivity index (χ1) is 14.6. The Bertz CT molecular complexity index is 1090. The number of aromatic nitrogens is 1. The number of aryl methyl sites for hydroxylation is 1. The molecule has 0 aliphatic carbocycles. The zero-order chi connectivity index (χ0) is 21.1. The second-order valence-electron chi connectivity index (χ2n) is 6.85. The molecule has 0 saturated carbocycles. The Kier molecular flexibility index (Phi) is 5.83. The minimum atomic E-state index is -0.425. The molecular weight excluding hydrogens is 406 g/mol. The summed E-state index contributed by atoms with van der Waals surface area (Å²) in [4.78, 5) is 27.8. The summed E-state index contributed by atoms with van der Waals surface area (Å²) in [5, 5.41) is 7.33. The van der Waals surface area contributed by atoms with Crippen molar-refractivity contribution in [1.82, 2.24) is 10.1 Å². The van der Waals surface area contributed by atoms with E-state index in [9.17, 15) is 9.59 Å². The monoisotopic (exact) mass is 425 g/mol. The Morgan fingerprint density at radius 2 is 1.77 bits per heavy atom. The summed E-state index contributed by atoms with van der Waals surface area (Å²) in [6.45, 7) is 3.70. The van der Waals surface area contributed by atoms with Gasteiger partial charge in [-0.1, -0.05) is 47.1 Å². The molecular formula is C22H20ClN3O4. The normalized spacial score (nSPS) is 13.9. The molecule has 7 nitrogen and oxygen atoms in total. The number of nitrogens with one attached hydrogen (secondary N) is 1. The standard InChI is InChI=1S/C22H20ClN3O4/c1-14-19(20(25-30-14)15-6-2-4-8-17(15)23)21(27)24-18-9-5-3-7-16(18)22(28)26-10-12-29-13-11-26/h2-9H,10-13H2,1H3,(H,24,27). The Morgan fingerprint density at radius 3 is 2.53 bits per heavy atom. The van der Waals surface area contributed by atoms with E-state index in [1.807, 2.05) is 6.07 Å². The Morgan fingerprint density at radius 1 is 1.07 bits per heavy atom. The number of hydrogen-bond donors (Lipinski definition) is 1. The summed E-state index contributed by atoms with van der Waals surface area (Å²) in [5.74, 6) is -0.215. The van der Waals surface area contributed by atoms with Crippen molar-refractivity contribution >= 4 is 29.1 Å². The van der Waals surface area contributed by atoms with Crippen LogP contribution in [0.4, 0.5) is 5.69 Å². The van der Waals surface area contributed by atoms with Gasteiger partial charge in [-0.05, 0) is 25.1 Å². The number of morpholine rings is 1. The molecule has 1 aromatic heterocycles. The highest BCUT2D eigenvalue weighted by Gasteiger charge is 2.26. The van der Waals surface area contributed by atoms with Gasteiger partial charge in [0.05, 0.1) is 29.5 Å².